The van der Waals surface area contributed by atoms with Crippen LogP contribution < -0.4 is 16.0 Å². The van der Waals surface area contributed by atoms with Crippen molar-refractivity contribution in [1.29, 1.82) is 0 Å². The van der Waals surface area contributed by atoms with Crippen LogP contribution in [-0.4, -0.2) is 94.8 Å². The molecule has 0 fully saturated rings. The Bertz CT molecular complexity index is 692. The van der Waals surface area contributed by atoms with E-state index in [-0.39, 0.29) is 4.75 Å². The van der Waals surface area contributed by atoms with Crippen molar-refractivity contribution in [2.24, 2.45) is 0 Å². The smallest absolute Gasteiger partial charge is 0.450 e. The van der Waals surface area contributed by atoms with Crippen LogP contribution in [0.1, 0.15) is 53.9 Å². The number of unbranched alkanes of at least 4 members (excludes halogenated alkanes) is 1. The summed E-state index contributed by atoms with van der Waals surface area (Å²) in [6.07, 6.45) is 1.42. The maximum atomic E-state index is 11.8. The van der Waals surface area contributed by atoms with Crippen LogP contribution in [0.15, 0.2) is 0 Å². The van der Waals surface area contributed by atoms with Crippen molar-refractivity contribution in [2.45, 2.75) is 67.4 Å². The second kappa shape index (κ2) is 26.6. The summed E-state index contributed by atoms with van der Waals surface area (Å²) in [7, 11) is 3.34. The molecule has 0 saturated carbocycles. The maximum absolute atomic E-state index is 11.8. The Morgan fingerprint density at radius 1 is 0.846 bits per heavy atom. The van der Waals surface area contributed by atoms with E-state index in [4.69, 9.17) is 23.7 Å². The molecule has 0 aromatic rings. The number of alkyl carbamates (subject to hydrolysis) is 2. The SMILES string of the molecule is C[CH]([Y])C#CCNC(=O)OCCCCOCSSC(C)(C)CCOC(=O)NCCOCCOCCNC(C)C. The van der Waals surface area contributed by atoms with Crippen molar-refractivity contribution in [2.75, 3.05) is 71.8 Å². The van der Waals surface area contributed by atoms with Gasteiger partial charge in [0.15, 0.2) is 0 Å². The first kappa shape index (κ1) is 38.7. The first-order chi connectivity index (χ1) is 18.6. The molecule has 1 unspecified atom stereocenters. The molecular weight excluding hydrogens is 619 g/mol. The van der Waals surface area contributed by atoms with E-state index in [0.717, 1.165) is 56.8 Å². The Kier molecular flexibility index (Phi) is 26.5. The first-order valence-electron chi connectivity index (χ1n) is 13.4. The van der Waals surface area contributed by atoms with Crippen LogP contribution in [0, 0.1) is 11.8 Å². The molecule has 0 aromatic carbocycles. The molecule has 0 aromatic heterocycles. The zero-order chi connectivity index (χ0) is 29.2. The molecule has 0 aliphatic heterocycles. The second-order valence-electron chi connectivity index (χ2n) is 9.44. The molecule has 0 spiro atoms. The van der Waals surface area contributed by atoms with Crippen LogP contribution in [-0.2, 0) is 54.6 Å². The number of carbonyl (C=O) groups excluding carboxylic acids is 2. The number of hydrogen-bond acceptors (Lipinski definition) is 10. The monoisotopic (exact) mass is 667 g/mol. The summed E-state index contributed by atoms with van der Waals surface area (Å²) in [5.74, 6) is 6.50. The topological polar surface area (TPSA) is 116 Å². The van der Waals surface area contributed by atoms with E-state index in [2.05, 4.69) is 62.4 Å². The van der Waals surface area contributed by atoms with Crippen LogP contribution in [0.25, 0.3) is 0 Å². The second-order valence-corrected chi connectivity index (χ2v) is 14.8. The first-order valence-corrected chi connectivity index (χ1v) is 17.4. The van der Waals surface area contributed by atoms with Crippen LogP contribution in [0.3, 0.4) is 0 Å². The van der Waals surface area contributed by atoms with Crippen molar-refractivity contribution in [3.63, 3.8) is 0 Å². The fourth-order valence-electron chi connectivity index (χ4n) is 2.58. The van der Waals surface area contributed by atoms with E-state index in [9.17, 15) is 9.59 Å². The summed E-state index contributed by atoms with van der Waals surface area (Å²) in [5, 5.41) is 8.58. The minimum absolute atomic E-state index is 0.0648. The molecular formula is C26H48N3O7S2Y. The molecule has 10 nitrogen and oxygen atoms in total. The summed E-state index contributed by atoms with van der Waals surface area (Å²) < 4.78 is 27.3. The van der Waals surface area contributed by atoms with Gasteiger partial charge in [0.05, 0.1) is 33.0 Å². The van der Waals surface area contributed by atoms with Crippen LogP contribution in [0.2, 0.25) is 2.73 Å². The molecule has 2 amide bonds. The van der Waals surface area contributed by atoms with Gasteiger partial charge in [-0.05, 0) is 20.3 Å². The predicted molar refractivity (Wildman–Crippen MR) is 155 cm³/mol. The van der Waals surface area contributed by atoms with Crippen LogP contribution in [0.4, 0.5) is 9.59 Å². The fourth-order valence-corrected chi connectivity index (χ4v) is 5.14. The van der Waals surface area contributed by atoms with Gasteiger partial charge in [0, 0.05) is 23.9 Å². The molecule has 1 atom stereocenters. The normalized spacial score (nSPS) is 11.9. The van der Waals surface area contributed by atoms with Gasteiger partial charge in [-0.15, -0.1) is 0 Å². The summed E-state index contributed by atoms with van der Waals surface area (Å²) in [4.78, 5) is 23.4. The summed E-state index contributed by atoms with van der Waals surface area (Å²) in [6, 6.07) is 0.455. The van der Waals surface area contributed by atoms with Crippen LogP contribution >= 0.6 is 21.6 Å². The number of nitrogens with one attached hydrogen (secondary N) is 3. The van der Waals surface area contributed by atoms with E-state index >= 15 is 0 Å². The van der Waals surface area contributed by atoms with E-state index in [0.29, 0.717) is 74.0 Å². The zero-order valence-corrected chi connectivity index (χ0v) is 28.8. The van der Waals surface area contributed by atoms with Gasteiger partial charge in [0.1, 0.15) is 5.94 Å². The van der Waals surface area contributed by atoms with Crippen molar-refractivity contribution in [1.82, 2.24) is 16.0 Å². The Labute approximate surface area is 263 Å². The number of carbonyl (C=O) groups is 2. The Morgan fingerprint density at radius 2 is 1.49 bits per heavy atom. The summed E-state index contributed by atoms with van der Waals surface area (Å²) >= 11 is 1.09. The van der Waals surface area contributed by atoms with Gasteiger partial charge in [0.2, 0.25) is 0 Å². The van der Waals surface area contributed by atoms with E-state index in [1.54, 1.807) is 21.6 Å². The fraction of sp³-hybridized carbons (Fsp3) is 0.846. The molecule has 39 heavy (non-hydrogen) atoms. The molecule has 224 valence electrons. The van der Waals surface area contributed by atoms with E-state index in [1.807, 2.05) is 0 Å². The molecule has 0 aliphatic rings. The van der Waals surface area contributed by atoms with Gasteiger partial charge in [-0.1, -0.05) is 35.4 Å². The van der Waals surface area contributed by atoms with Crippen molar-refractivity contribution in [3.05, 3.63) is 0 Å². The number of rotatable bonds is 23. The number of ether oxygens (including phenoxy) is 5. The average molecular weight is 668 g/mol. The van der Waals surface area contributed by atoms with Gasteiger partial charge >= 0.3 is 117 Å². The third-order valence-corrected chi connectivity index (χ3v) is 8.05. The molecule has 13 heteroatoms. The van der Waals surface area contributed by atoms with Gasteiger partial charge in [-0.25, -0.2) is 4.79 Å². The van der Waals surface area contributed by atoms with Gasteiger partial charge in [-0.3, -0.25) is 0 Å². The minimum atomic E-state index is -0.436. The molecule has 0 radical (unpaired) electrons. The molecule has 0 saturated heterocycles. The van der Waals surface area contributed by atoms with E-state index in [1.165, 1.54) is 0 Å². The summed E-state index contributed by atoms with van der Waals surface area (Å²) in [6.45, 7) is 15.4. The van der Waals surface area contributed by atoms with Crippen molar-refractivity contribution < 1.29 is 64.2 Å². The molecule has 0 rings (SSSR count). The van der Waals surface area contributed by atoms with E-state index < -0.39 is 12.2 Å². The Balaban J connectivity index is 3.54. The third-order valence-electron chi connectivity index (χ3n) is 4.61. The molecule has 0 bridgehead atoms. The minimum Gasteiger partial charge on any atom is -0.450 e. The third kappa shape index (κ3) is 30.5. The molecule has 3 N–H and O–H groups in total. The standard InChI is InChI=1S/C26H48N3O7S2.Y/c1-6-7-8-12-28-24(30)35-16-10-9-15-34-22-37-38-26(4,5)11-17-36-25(31)29-14-19-33-21-20-32-18-13-27-23(2)3;/h6,23,27H,9-22H2,1-5H3,(H,28,30)(H,29,31);. The van der Waals surface area contributed by atoms with Crippen molar-refractivity contribution in [3.8, 4) is 11.8 Å². The molecule has 0 aliphatic carbocycles. The average Bonchev–Trinajstić information content (AvgIpc) is 2.86. The zero-order valence-electron chi connectivity index (χ0n) is 24.3. The van der Waals surface area contributed by atoms with Gasteiger partial charge in [0.25, 0.3) is 0 Å². The Hall–Kier alpha value is -0.256. The number of hydrogen-bond donors (Lipinski definition) is 3. The Morgan fingerprint density at radius 3 is 2.18 bits per heavy atom. The molecule has 0 heterocycles. The van der Waals surface area contributed by atoms with Crippen LogP contribution in [0.5, 0.6) is 0 Å². The number of amides is 2. The van der Waals surface area contributed by atoms with Gasteiger partial charge < -0.3 is 24.8 Å². The quantitative estimate of drug-likeness (QED) is 0.0636. The van der Waals surface area contributed by atoms with Crippen molar-refractivity contribution >= 4 is 33.8 Å². The van der Waals surface area contributed by atoms with Gasteiger partial charge in [-0.2, -0.15) is 0 Å². The predicted octanol–water partition coefficient (Wildman–Crippen LogP) is 4.13. The summed E-state index contributed by atoms with van der Waals surface area (Å²) in [5.41, 5.74) is 0.